The number of ether oxygens (including phenoxy) is 2. The third-order valence-electron chi connectivity index (χ3n) is 5.17. The number of rotatable bonds is 8. The number of amides is 2. The maximum atomic E-state index is 14.0. The fourth-order valence-corrected chi connectivity index (χ4v) is 3.79. The van der Waals surface area contributed by atoms with Crippen LogP contribution < -0.4 is 31.4 Å². The molecule has 0 saturated carbocycles. The first-order valence-corrected chi connectivity index (χ1v) is 10.4. The van der Waals surface area contributed by atoms with Crippen LogP contribution in [-0.4, -0.2) is 40.8 Å². The molecule has 184 valence electrons. The van der Waals surface area contributed by atoms with Crippen molar-refractivity contribution < 1.29 is 32.2 Å². The molecule has 0 saturated heterocycles. The number of aromatic amines is 1. The first kappa shape index (κ1) is 24.9. The number of nitrogens with zero attached hydrogens (tertiary/aromatic N) is 1. The van der Waals surface area contributed by atoms with Crippen LogP contribution in [0.25, 0.3) is 0 Å². The van der Waals surface area contributed by atoms with E-state index in [0.29, 0.717) is 30.3 Å². The van der Waals surface area contributed by atoms with Gasteiger partial charge < -0.3 is 20.1 Å². The number of aromatic nitrogens is 2. The van der Waals surface area contributed by atoms with Crippen LogP contribution in [0, 0.1) is 0 Å². The second-order valence-electron chi connectivity index (χ2n) is 7.41. The Labute approximate surface area is 191 Å². The number of H-pyrrole nitrogens is 1. The number of alkyl halides is 3. The summed E-state index contributed by atoms with van der Waals surface area (Å²) in [5.41, 5.74) is -6.51. The van der Waals surface area contributed by atoms with Crippen LogP contribution in [0.1, 0.15) is 31.9 Å². The van der Waals surface area contributed by atoms with Crippen molar-refractivity contribution in [3.05, 3.63) is 50.2 Å². The molecule has 2 aromatic rings. The van der Waals surface area contributed by atoms with Gasteiger partial charge in [0.05, 0.1) is 13.2 Å². The number of anilines is 1. The van der Waals surface area contributed by atoms with E-state index in [1.165, 1.54) is 0 Å². The van der Waals surface area contributed by atoms with Crippen molar-refractivity contribution in [3.8, 4) is 11.5 Å². The molecule has 2 heterocycles. The van der Waals surface area contributed by atoms with Gasteiger partial charge in [-0.1, -0.05) is 6.07 Å². The summed E-state index contributed by atoms with van der Waals surface area (Å²) in [6, 6.07) is 5.03. The summed E-state index contributed by atoms with van der Waals surface area (Å²) in [5.74, 6) is -2.53. The molecule has 0 bridgehead atoms. The largest absolute Gasteiger partial charge is 0.490 e. The lowest BCUT2D eigenvalue weighted by atomic mass is 9.92. The molecule has 1 aliphatic rings. The van der Waals surface area contributed by atoms with Gasteiger partial charge in [-0.15, -0.1) is 0 Å². The van der Waals surface area contributed by atoms with Crippen LogP contribution in [0.15, 0.2) is 27.8 Å². The molecule has 0 spiro atoms. The number of carbonyl (C=O) groups is 2. The summed E-state index contributed by atoms with van der Waals surface area (Å²) in [4.78, 5) is 50.7. The minimum absolute atomic E-state index is 0.139. The van der Waals surface area contributed by atoms with Crippen molar-refractivity contribution in [1.29, 1.82) is 0 Å². The van der Waals surface area contributed by atoms with E-state index < -0.39 is 46.2 Å². The molecule has 3 N–H and O–H groups in total. The minimum Gasteiger partial charge on any atom is -0.490 e. The molecule has 0 radical (unpaired) electrons. The van der Waals surface area contributed by atoms with E-state index in [0.717, 1.165) is 11.5 Å². The monoisotopic (exact) mass is 484 g/mol. The first-order valence-electron chi connectivity index (χ1n) is 10.4. The molecule has 0 unspecified atom stereocenters. The highest BCUT2D eigenvalue weighted by atomic mass is 19.4. The van der Waals surface area contributed by atoms with Gasteiger partial charge in [0.25, 0.3) is 11.5 Å². The normalized spacial score (nSPS) is 17.2. The molecular weight excluding hydrogens is 461 g/mol. The van der Waals surface area contributed by atoms with Gasteiger partial charge >= 0.3 is 11.9 Å². The Bertz CT molecular complexity index is 1240. The highest BCUT2D eigenvalue weighted by Crippen LogP contribution is 2.44. The first-order chi connectivity index (χ1) is 16.0. The van der Waals surface area contributed by atoms with E-state index in [9.17, 15) is 32.3 Å². The molecule has 0 aliphatic carbocycles. The number of hydrogen-bond acceptors (Lipinski definition) is 6. The lowest BCUT2D eigenvalue weighted by Crippen LogP contribution is -2.61. The van der Waals surface area contributed by atoms with E-state index in [2.05, 4.69) is 0 Å². The maximum Gasteiger partial charge on any atom is 0.425 e. The molecule has 13 heteroatoms. The van der Waals surface area contributed by atoms with Gasteiger partial charge in [-0.3, -0.25) is 23.9 Å². The Morgan fingerprint density at radius 3 is 2.35 bits per heavy atom. The minimum atomic E-state index is -5.36. The van der Waals surface area contributed by atoms with Crippen molar-refractivity contribution in [2.75, 3.05) is 18.5 Å². The summed E-state index contributed by atoms with van der Waals surface area (Å²) >= 11 is 0. The van der Waals surface area contributed by atoms with Crippen molar-refractivity contribution in [1.82, 2.24) is 14.9 Å². The molecule has 3 rings (SSSR count). The van der Waals surface area contributed by atoms with Crippen LogP contribution in [0.2, 0.25) is 0 Å². The zero-order chi connectivity index (χ0) is 25.3. The topological polar surface area (TPSA) is 132 Å². The predicted molar refractivity (Wildman–Crippen MR) is 114 cm³/mol. The number of hydrogen-bond donors (Lipinski definition) is 3. The van der Waals surface area contributed by atoms with Gasteiger partial charge in [-0.2, -0.15) is 13.2 Å². The van der Waals surface area contributed by atoms with Gasteiger partial charge in [0.1, 0.15) is 11.4 Å². The smallest absolute Gasteiger partial charge is 0.425 e. The van der Waals surface area contributed by atoms with Crippen molar-refractivity contribution in [2.45, 2.75) is 45.5 Å². The maximum absolute atomic E-state index is 14.0. The third-order valence-corrected chi connectivity index (χ3v) is 5.17. The van der Waals surface area contributed by atoms with E-state index in [1.54, 1.807) is 30.4 Å². The number of aryl methyl sites for hydroxylation is 1. The van der Waals surface area contributed by atoms with Crippen molar-refractivity contribution in [3.63, 3.8) is 0 Å². The molecule has 34 heavy (non-hydrogen) atoms. The Morgan fingerprint density at radius 1 is 1.12 bits per heavy atom. The fourth-order valence-electron chi connectivity index (χ4n) is 3.79. The molecule has 1 aliphatic heterocycles. The van der Waals surface area contributed by atoms with Gasteiger partial charge in [0, 0.05) is 13.5 Å². The van der Waals surface area contributed by atoms with Crippen LogP contribution in [0.5, 0.6) is 11.5 Å². The lowest BCUT2D eigenvalue weighted by Gasteiger charge is -2.29. The zero-order valence-corrected chi connectivity index (χ0v) is 18.6. The molecular formula is C21H23F3N4O6. The van der Waals surface area contributed by atoms with Crippen LogP contribution in [0.3, 0.4) is 0 Å². The zero-order valence-electron chi connectivity index (χ0n) is 18.6. The molecule has 1 aromatic carbocycles. The highest BCUT2D eigenvalue weighted by Gasteiger charge is 2.68. The standard InChI is InChI=1S/C21H23F3N4O6/c1-4-33-13-7-6-12(10-14(13)34-5-2)8-9-28-16-15(17(30)26-19(28)32)20(18(31)25-16,21(22,23)24)27-11(3)29/h6-7,10H,4-5,8-9H2,1-3H3,(H,25,31)(H,27,29)(H,26,30,32)/t20-/m1/s1. The molecule has 0 fully saturated rings. The number of nitrogens with one attached hydrogen (secondary N) is 3. The summed E-state index contributed by atoms with van der Waals surface area (Å²) in [6.07, 6.45) is -5.22. The number of carbonyl (C=O) groups excluding carboxylic acids is 2. The molecule has 1 aromatic heterocycles. The second kappa shape index (κ2) is 9.23. The highest BCUT2D eigenvalue weighted by molar-refractivity contribution is 6.07. The van der Waals surface area contributed by atoms with Crippen molar-refractivity contribution in [2.24, 2.45) is 0 Å². The van der Waals surface area contributed by atoms with Crippen LogP contribution >= 0.6 is 0 Å². The Kier molecular flexibility index (Phi) is 6.75. The fraction of sp³-hybridized carbons (Fsp3) is 0.429. The summed E-state index contributed by atoms with van der Waals surface area (Å²) < 4.78 is 54.0. The average molecular weight is 484 g/mol. The number of benzene rings is 1. The van der Waals surface area contributed by atoms with E-state index in [1.807, 2.05) is 17.2 Å². The van der Waals surface area contributed by atoms with Gasteiger partial charge in [0.2, 0.25) is 11.4 Å². The Morgan fingerprint density at radius 2 is 1.76 bits per heavy atom. The van der Waals surface area contributed by atoms with Crippen LogP contribution in [-0.2, 0) is 28.1 Å². The SMILES string of the molecule is CCOc1ccc(CCn2c3c(c(=O)[nH]c2=O)[C@](NC(C)=O)(C(F)(F)F)C(=O)N3)cc1OCC. The predicted octanol–water partition coefficient (Wildman–Crippen LogP) is 1.42. The van der Waals surface area contributed by atoms with E-state index in [-0.39, 0.29) is 13.0 Å². The lowest BCUT2D eigenvalue weighted by molar-refractivity contribution is -0.200. The van der Waals surface area contributed by atoms with Crippen molar-refractivity contribution >= 4 is 17.6 Å². The Hall–Kier alpha value is -3.77. The molecule has 2 amide bonds. The van der Waals surface area contributed by atoms with E-state index >= 15 is 0 Å². The molecule has 10 nitrogen and oxygen atoms in total. The van der Waals surface area contributed by atoms with Gasteiger partial charge in [0.15, 0.2) is 11.5 Å². The summed E-state index contributed by atoms with van der Waals surface area (Å²) in [6.45, 7) is 4.97. The van der Waals surface area contributed by atoms with Gasteiger partial charge in [-0.05, 0) is 38.0 Å². The molecule has 1 atom stereocenters. The second-order valence-corrected chi connectivity index (χ2v) is 7.41. The average Bonchev–Trinajstić information content (AvgIpc) is 3.02. The summed E-state index contributed by atoms with van der Waals surface area (Å²) in [7, 11) is 0. The number of halogens is 3. The third kappa shape index (κ3) is 4.24. The summed E-state index contributed by atoms with van der Waals surface area (Å²) in [5, 5.41) is 3.53. The Balaban J connectivity index is 2.05. The quantitative estimate of drug-likeness (QED) is 0.520. The number of fused-ring (bicyclic) bond motifs is 1. The van der Waals surface area contributed by atoms with Crippen LogP contribution in [0.4, 0.5) is 19.0 Å². The van der Waals surface area contributed by atoms with Gasteiger partial charge in [-0.25, -0.2) is 4.79 Å². The van der Waals surface area contributed by atoms with E-state index in [4.69, 9.17) is 9.47 Å².